The molecule has 0 radical (unpaired) electrons. The van der Waals surface area contributed by atoms with E-state index in [1.54, 1.807) is 0 Å². The molecule has 0 atom stereocenters. The number of piperazine rings is 1. The fraction of sp³-hybridized carbons (Fsp3) is 0.647. The third-order valence-electron chi connectivity index (χ3n) is 5.00. The number of hydrogen-bond acceptors (Lipinski definition) is 6. The summed E-state index contributed by atoms with van der Waals surface area (Å²) in [6.45, 7) is 6.99. The van der Waals surface area contributed by atoms with E-state index in [0.717, 1.165) is 44.4 Å². The molecular formula is C17H24N4OS. The van der Waals surface area contributed by atoms with Crippen LogP contribution in [0.2, 0.25) is 0 Å². The number of aliphatic hydroxyl groups excluding tert-OH is 1. The second-order valence-corrected chi connectivity index (χ2v) is 7.62. The van der Waals surface area contributed by atoms with Gasteiger partial charge in [-0.2, -0.15) is 0 Å². The van der Waals surface area contributed by atoms with Gasteiger partial charge in [0.1, 0.15) is 16.5 Å². The van der Waals surface area contributed by atoms with Gasteiger partial charge in [-0.3, -0.25) is 4.90 Å². The van der Waals surface area contributed by atoms with Gasteiger partial charge >= 0.3 is 0 Å². The van der Waals surface area contributed by atoms with E-state index in [1.807, 2.05) is 18.3 Å². The normalized spacial score (nSPS) is 19.3. The van der Waals surface area contributed by atoms with Gasteiger partial charge in [0, 0.05) is 37.6 Å². The van der Waals surface area contributed by atoms with Crippen molar-refractivity contribution in [3.8, 4) is 0 Å². The van der Waals surface area contributed by atoms with Gasteiger partial charge in [0.2, 0.25) is 0 Å². The molecule has 23 heavy (non-hydrogen) atoms. The van der Waals surface area contributed by atoms with Crippen LogP contribution in [0.5, 0.6) is 0 Å². The summed E-state index contributed by atoms with van der Waals surface area (Å²) in [6.07, 6.45) is 4.98. The molecule has 5 nitrogen and oxygen atoms in total. The van der Waals surface area contributed by atoms with Crippen LogP contribution in [0.3, 0.4) is 0 Å². The molecular weight excluding hydrogens is 308 g/mol. The average molecular weight is 332 g/mol. The van der Waals surface area contributed by atoms with Gasteiger partial charge in [0.25, 0.3) is 0 Å². The first kappa shape index (κ1) is 15.3. The fourth-order valence-corrected chi connectivity index (χ4v) is 5.10. The molecule has 0 unspecified atom stereocenters. The Labute approximate surface area is 141 Å². The standard InChI is InChI=1S/C17H24N4OS/c1-12-18-16(21-8-6-20(7-9-21)10-11-22)15-13-4-2-3-5-14(13)23-17(15)19-12/h22H,2-11H2,1H3. The molecule has 2 aromatic heterocycles. The summed E-state index contributed by atoms with van der Waals surface area (Å²) in [5, 5.41) is 10.4. The summed E-state index contributed by atoms with van der Waals surface area (Å²) >= 11 is 1.88. The molecule has 0 saturated carbocycles. The minimum Gasteiger partial charge on any atom is -0.395 e. The maximum absolute atomic E-state index is 9.11. The van der Waals surface area contributed by atoms with Crippen LogP contribution in [0.25, 0.3) is 10.2 Å². The zero-order chi connectivity index (χ0) is 15.8. The van der Waals surface area contributed by atoms with E-state index in [2.05, 4.69) is 9.80 Å². The highest BCUT2D eigenvalue weighted by molar-refractivity contribution is 7.19. The lowest BCUT2D eigenvalue weighted by Gasteiger charge is -2.35. The van der Waals surface area contributed by atoms with Crippen LogP contribution in [-0.4, -0.2) is 59.3 Å². The van der Waals surface area contributed by atoms with Crippen molar-refractivity contribution in [2.45, 2.75) is 32.6 Å². The van der Waals surface area contributed by atoms with Crippen molar-refractivity contribution in [1.29, 1.82) is 0 Å². The molecule has 1 aliphatic heterocycles. The highest BCUT2D eigenvalue weighted by atomic mass is 32.1. The third kappa shape index (κ3) is 2.84. The van der Waals surface area contributed by atoms with Crippen LogP contribution in [0.4, 0.5) is 5.82 Å². The summed E-state index contributed by atoms with van der Waals surface area (Å²) < 4.78 is 0. The molecule has 0 amide bonds. The minimum atomic E-state index is 0.245. The summed E-state index contributed by atoms with van der Waals surface area (Å²) in [4.78, 5) is 17.0. The number of aromatic nitrogens is 2. The quantitative estimate of drug-likeness (QED) is 0.932. The number of hydrogen-bond donors (Lipinski definition) is 1. The largest absolute Gasteiger partial charge is 0.395 e. The maximum atomic E-state index is 9.11. The predicted octanol–water partition coefficient (Wildman–Crippen LogP) is 1.99. The van der Waals surface area contributed by atoms with Crippen molar-refractivity contribution in [1.82, 2.24) is 14.9 Å². The smallest absolute Gasteiger partial charge is 0.141 e. The zero-order valence-corrected chi connectivity index (χ0v) is 14.5. The van der Waals surface area contributed by atoms with Gasteiger partial charge < -0.3 is 10.0 Å². The Morgan fingerprint density at radius 2 is 1.87 bits per heavy atom. The first-order valence-corrected chi connectivity index (χ1v) is 9.45. The number of fused-ring (bicyclic) bond motifs is 3. The molecule has 6 heteroatoms. The van der Waals surface area contributed by atoms with Crippen molar-refractivity contribution in [3.05, 3.63) is 16.3 Å². The van der Waals surface area contributed by atoms with Gasteiger partial charge in [-0.25, -0.2) is 9.97 Å². The Bertz CT molecular complexity index is 706. The van der Waals surface area contributed by atoms with Crippen molar-refractivity contribution in [2.24, 2.45) is 0 Å². The molecule has 1 aliphatic carbocycles. The number of anilines is 1. The Hall–Kier alpha value is -1.24. The molecule has 1 fully saturated rings. The molecule has 124 valence electrons. The van der Waals surface area contributed by atoms with E-state index in [0.29, 0.717) is 0 Å². The number of rotatable bonds is 3. The SMILES string of the molecule is Cc1nc(N2CCN(CCO)CC2)c2c3c(sc2n1)CCCC3. The van der Waals surface area contributed by atoms with E-state index in [9.17, 15) is 0 Å². The first-order valence-electron chi connectivity index (χ1n) is 8.63. The van der Waals surface area contributed by atoms with Crippen LogP contribution < -0.4 is 4.90 Å². The number of thiophene rings is 1. The molecule has 1 saturated heterocycles. The Balaban J connectivity index is 1.70. The van der Waals surface area contributed by atoms with Gasteiger partial charge in [-0.1, -0.05) is 0 Å². The molecule has 0 spiro atoms. The molecule has 2 aromatic rings. The van der Waals surface area contributed by atoms with E-state index < -0.39 is 0 Å². The summed E-state index contributed by atoms with van der Waals surface area (Å²) in [7, 11) is 0. The van der Waals surface area contributed by atoms with Gasteiger partial charge in [-0.05, 0) is 38.2 Å². The minimum absolute atomic E-state index is 0.245. The molecule has 3 heterocycles. The van der Waals surface area contributed by atoms with Crippen molar-refractivity contribution in [3.63, 3.8) is 0 Å². The average Bonchev–Trinajstić information content (AvgIpc) is 2.93. The van der Waals surface area contributed by atoms with Crippen LogP contribution in [0.15, 0.2) is 0 Å². The van der Waals surface area contributed by atoms with E-state index in [1.165, 1.54) is 46.3 Å². The van der Waals surface area contributed by atoms with E-state index in [-0.39, 0.29) is 6.61 Å². The fourth-order valence-electron chi connectivity index (χ4n) is 3.80. The van der Waals surface area contributed by atoms with Crippen molar-refractivity contribution >= 4 is 27.4 Å². The molecule has 2 aliphatic rings. The number of aryl methyl sites for hydroxylation is 3. The third-order valence-corrected chi connectivity index (χ3v) is 6.18. The molecule has 1 N–H and O–H groups in total. The lowest BCUT2D eigenvalue weighted by Crippen LogP contribution is -2.47. The summed E-state index contributed by atoms with van der Waals surface area (Å²) in [5.41, 5.74) is 1.52. The van der Waals surface area contributed by atoms with Gasteiger partial charge in [-0.15, -0.1) is 11.3 Å². The summed E-state index contributed by atoms with van der Waals surface area (Å²) in [5.74, 6) is 2.03. The highest BCUT2D eigenvalue weighted by Gasteiger charge is 2.25. The molecule has 4 rings (SSSR count). The number of β-amino-alcohol motifs (C(OH)–C–C–N with tert-alkyl or cyclic N) is 1. The highest BCUT2D eigenvalue weighted by Crippen LogP contribution is 2.39. The van der Waals surface area contributed by atoms with Crippen LogP contribution in [0, 0.1) is 6.92 Å². The Morgan fingerprint density at radius 1 is 1.09 bits per heavy atom. The van der Waals surface area contributed by atoms with Crippen LogP contribution in [-0.2, 0) is 12.8 Å². The lowest BCUT2D eigenvalue weighted by atomic mass is 9.97. The topological polar surface area (TPSA) is 52.5 Å². The summed E-state index contributed by atoms with van der Waals surface area (Å²) in [6, 6.07) is 0. The van der Waals surface area contributed by atoms with Gasteiger partial charge in [0.05, 0.1) is 12.0 Å². The Kier molecular flexibility index (Phi) is 4.22. The number of aliphatic hydroxyl groups is 1. The van der Waals surface area contributed by atoms with E-state index in [4.69, 9.17) is 15.1 Å². The van der Waals surface area contributed by atoms with E-state index >= 15 is 0 Å². The van der Waals surface area contributed by atoms with Crippen LogP contribution in [0.1, 0.15) is 29.1 Å². The second-order valence-electron chi connectivity index (χ2n) is 6.54. The molecule has 0 bridgehead atoms. The van der Waals surface area contributed by atoms with Crippen molar-refractivity contribution < 1.29 is 5.11 Å². The lowest BCUT2D eigenvalue weighted by molar-refractivity contribution is 0.188. The van der Waals surface area contributed by atoms with Gasteiger partial charge in [0.15, 0.2) is 0 Å². The monoisotopic (exact) mass is 332 g/mol. The van der Waals surface area contributed by atoms with Crippen LogP contribution >= 0.6 is 11.3 Å². The van der Waals surface area contributed by atoms with Crippen molar-refractivity contribution in [2.75, 3.05) is 44.2 Å². The zero-order valence-electron chi connectivity index (χ0n) is 13.7. The maximum Gasteiger partial charge on any atom is 0.141 e. The predicted molar refractivity (Wildman–Crippen MR) is 94.5 cm³/mol. The molecule has 0 aromatic carbocycles. The second kappa shape index (κ2) is 6.34. The Morgan fingerprint density at radius 3 is 2.65 bits per heavy atom. The number of nitrogens with zero attached hydrogens (tertiary/aromatic N) is 4. The first-order chi connectivity index (χ1) is 11.3.